The van der Waals surface area contributed by atoms with Gasteiger partial charge in [0.05, 0.1) is 30.6 Å². The molecule has 3 N–H and O–H groups in total. The molecule has 7 atom stereocenters. The van der Waals surface area contributed by atoms with E-state index in [1.54, 1.807) is 4.90 Å². The van der Waals surface area contributed by atoms with Crippen molar-refractivity contribution in [3.05, 3.63) is 0 Å². The molecule has 3 unspecified atom stereocenters. The Morgan fingerprint density at radius 2 is 1.86 bits per heavy atom. The first-order valence-corrected chi connectivity index (χ1v) is 14.3. The van der Waals surface area contributed by atoms with Gasteiger partial charge in [0, 0.05) is 16.9 Å². The van der Waals surface area contributed by atoms with Gasteiger partial charge in [-0.05, 0) is 50.9 Å². The van der Waals surface area contributed by atoms with E-state index in [9.17, 15) is 19.5 Å². The number of hydrogen-bond donors (Lipinski definition) is 3. The third-order valence-electron chi connectivity index (χ3n) is 7.61. The van der Waals surface area contributed by atoms with Crippen LogP contribution in [0.3, 0.4) is 0 Å². The van der Waals surface area contributed by atoms with Gasteiger partial charge in [-0.25, -0.2) is 0 Å². The molecule has 36 heavy (non-hydrogen) atoms. The molecule has 3 amide bonds. The van der Waals surface area contributed by atoms with Gasteiger partial charge in [-0.1, -0.05) is 57.5 Å². The Hall–Kier alpha value is -1.19. The van der Waals surface area contributed by atoms with Crippen LogP contribution in [-0.2, 0) is 19.1 Å². The Kier molecular flexibility index (Phi) is 8.58. The van der Waals surface area contributed by atoms with Crippen molar-refractivity contribution in [1.29, 1.82) is 0 Å². The second-order valence-electron chi connectivity index (χ2n) is 13.3. The van der Waals surface area contributed by atoms with Crippen LogP contribution in [0.2, 0.25) is 0 Å². The topological polar surface area (TPSA) is 108 Å². The highest BCUT2D eigenvalue weighted by molar-refractivity contribution is 9.09. The van der Waals surface area contributed by atoms with Crippen LogP contribution in [0.1, 0.15) is 81.1 Å². The lowest BCUT2D eigenvalue weighted by atomic mass is 9.70. The first-order valence-electron chi connectivity index (χ1n) is 13.4. The van der Waals surface area contributed by atoms with E-state index in [1.165, 1.54) is 0 Å². The zero-order chi connectivity index (χ0) is 27.2. The van der Waals surface area contributed by atoms with E-state index in [1.807, 2.05) is 34.6 Å². The van der Waals surface area contributed by atoms with Gasteiger partial charge in [0.25, 0.3) is 0 Å². The van der Waals surface area contributed by atoms with Crippen molar-refractivity contribution in [2.24, 2.45) is 23.2 Å². The molecule has 206 valence electrons. The fourth-order valence-corrected chi connectivity index (χ4v) is 7.96. The van der Waals surface area contributed by atoms with Crippen LogP contribution in [0.4, 0.5) is 0 Å². The first kappa shape index (κ1) is 29.4. The zero-order valence-corrected chi connectivity index (χ0v) is 24.8. The highest BCUT2D eigenvalue weighted by atomic mass is 79.9. The standard InChI is InChI=1S/C27H46BrN3O5/c1-9-10-29-22(33)18-19-24(35)31(16(13-32)11-15(2)3)21(27(19)12-17(28)20(18)36-27)23(34)30-26(7,8)14-25(4,5)6/h15-21,32H,9-14H2,1-8H3,(H,29,33)(H,30,34)/t16-,17?,18+,19+,20+,21?,27?/m1/s1. The van der Waals surface area contributed by atoms with Crippen LogP contribution in [0.5, 0.6) is 0 Å². The zero-order valence-electron chi connectivity index (χ0n) is 23.2. The minimum atomic E-state index is -1.11. The smallest absolute Gasteiger partial charge is 0.246 e. The SMILES string of the molecule is CCCNC(=O)[C@H]1[C@H]2C(=O)N([C@@H](CO)CC(C)C)C(C(=O)NC(C)(C)CC(C)(C)C)C23CC(Br)[C@@H]1O3. The second-order valence-corrected chi connectivity index (χ2v) is 14.5. The number of carbonyl (C=O) groups excluding carboxylic acids is 3. The Bertz CT molecular complexity index is 857. The molecular formula is C27H46BrN3O5. The Balaban J connectivity index is 2.05. The van der Waals surface area contributed by atoms with Crippen LogP contribution in [0.15, 0.2) is 0 Å². The van der Waals surface area contributed by atoms with Gasteiger partial charge >= 0.3 is 0 Å². The third-order valence-corrected chi connectivity index (χ3v) is 8.45. The van der Waals surface area contributed by atoms with Gasteiger partial charge in [0.1, 0.15) is 11.6 Å². The van der Waals surface area contributed by atoms with Crippen LogP contribution in [-0.4, -0.2) is 75.0 Å². The summed E-state index contributed by atoms with van der Waals surface area (Å²) in [5.74, 6) is -1.97. The Labute approximate surface area is 224 Å². The lowest BCUT2D eigenvalue weighted by molar-refractivity contribution is -0.146. The molecule has 3 aliphatic rings. The number of hydrogen-bond acceptors (Lipinski definition) is 5. The number of amides is 3. The maximum Gasteiger partial charge on any atom is 0.246 e. The maximum absolute atomic E-state index is 14.1. The quantitative estimate of drug-likeness (QED) is 0.349. The molecule has 3 fully saturated rings. The number of alkyl halides is 1. The number of nitrogens with zero attached hydrogens (tertiary/aromatic N) is 1. The summed E-state index contributed by atoms with van der Waals surface area (Å²) in [5, 5.41) is 16.5. The fourth-order valence-electron chi connectivity index (χ4n) is 7.02. The van der Waals surface area contributed by atoms with Crippen molar-refractivity contribution in [1.82, 2.24) is 15.5 Å². The normalized spacial score (nSPS) is 32.7. The Morgan fingerprint density at radius 1 is 1.22 bits per heavy atom. The molecule has 0 aromatic carbocycles. The predicted octanol–water partition coefficient (Wildman–Crippen LogP) is 3.00. The molecule has 0 saturated carbocycles. The lowest BCUT2D eigenvalue weighted by Crippen LogP contribution is -2.61. The molecule has 8 nitrogen and oxygen atoms in total. The molecule has 2 bridgehead atoms. The van der Waals surface area contributed by atoms with E-state index in [4.69, 9.17) is 4.74 Å². The molecule has 0 radical (unpaired) electrons. The number of aliphatic hydroxyl groups excluding tert-OH is 1. The van der Waals surface area contributed by atoms with Gasteiger partial charge in [0.2, 0.25) is 17.7 Å². The first-order chi connectivity index (χ1) is 16.6. The van der Waals surface area contributed by atoms with Gasteiger partial charge in [-0.15, -0.1) is 0 Å². The van der Waals surface area contributed by atoms with E-state index >= 15 is 0 Å². The molecule has 0 aromatic rings. The number of likely N-dealkylation sites (tertiary alicyclic amines) is 1. The van der Waals surface area contributed by atoms with Crippen molar-refractivity contribution in [3.63, 3.8) is 0 Å². The van der Waals surface area contributed by atoms with Gasteiger partial charge in [0.15, 0.2) is 0 Å². The van der Waals surface area contributed by atoms with Gasteiger partial charge in [-0.3, -0.25) is 14.4 Å². The van der Waals surface area contributed by atoms with Crippen molar-refractivity contribution in [2.45, 2.75) is 115 Å². The fraction of sp³-hybridized carbons (Fsp3) is 0.889. The number of fused-ring (bicyclic) bond motifs is 1. The van der Waals surface area contributed by atoms with Gasteiger partial charge in [-0.2, -0.15) is 0 Å². The second kappa shape index (κ2) is 10.5. The monoisotopic (exact) mass is 571 g/mol. The van der Waals surface area contributed by atoms with E-state index in [-0.39, 0.29) is 40.5 Å². The van der Waals surface area contributed by atoms with E-state index in [0.29, 0.717) is 19.4 Å². The van der Waals surface area contributed by atoms with Gasteiger partial charge < -0.3 is 25.4 Å². The molecule has 9 heteroatoms. The molecule has 0 aliphatic carbocycles. The van der Waals surface area contributed by atoms with Crippen molar-refractivity contribution in [3.8, 4) is 0 Å². The summed E-state index contributed by atoms with van der Waals surface area (Å²) in [7, 11) is 0. The highest BCUT2D eigenvalue weighted by Crippen LogP contribution is 2.60. The summed E-state index contributed by atoms with van der Waals surface area (Å²) in [5.41, 5.74) is -1.65. The molecule has 3 rings (SSSR count). The summed E-state index contributed by atoms with van der Waals surface area (Å²) >= 11 is 3.70. The van der Waals surface area contributed by atoms with Crippen LogP contribution in [0, 0.1) is 23.2 Å². The summed E-state index contributed by atoms with van der Waals surface area (Å²) in [6, 6.07) is -1.45. The molecule has 0 aromatic heterocycles. The molecule has 1 spiro atoms. The number of rotatable bonds is 10. The average Bonchev–Trinajstić information content (AvgIpc) is 3.31. The average molecular weight is 573 g/mol. The summed E-state index contributed by atoms with van der Waals surface area (Å²) in [4.78, 5) is 42.9. The van der Waals surface area contributed by atoms with E-state index in [2.05, 4.69) is 47.3 Å². The van der Waals surface area contributed by atoms with Crippen molar-refractivity contribution in [2.75, 3.05) is 13.2 Å². The minimum absolute atomic E-state index is 0.0141. The number of carbonyl (C=O) groups is 3. The summed E-state index contributed by atoms with van der Waals surface area (Å²) in [6.07, 6.45) is 2.05. The number of halogens is 1. The molecule has 3 aliphatic heterocycles. The molecule has 3 saturated heterocycles. The van der Waals surface area contributed by atoms with Crippen LogP contribution < -0.4 is 10.6 Å². The highest BCUT2D eigenvalue weighted by Gasteiger charge is 2.77. The third kappa shape index (κ3) is 5.48. The van der Waals surface area contributed by atoms with E-state index in [0.717, 1.165) is 12.8 Å². The maximum atomic E-state index is 14.1. The number of ether oxygens (including phenoxy) is 1. The summed E-state index contributed by atoms with van der Waals surface area (Å²) < 4.78 is 6.55. The number of nitrogens with one attached hydrogen (secondary N) is 2. The minimum Gasteiger partial charge on any atom is -0.394 e. The summed E-state index contributed by atoms with van der Waals surface area (Å²) in [6.45, 7) is 16.7. The number of aliphatic hydroxyl groups is 1. The van der Waals surface area contributed by atoms with Crippen LogP contribution in [0.25, 0.3) is 0 Å². The molecule has 3 heterocycles. The largest absolute Gasteiger partial charge is 0.394 e. The van der Waals surface area contributed by atoms with E-state index < -0.39 is 41.2 Å². The van der Waals surface area contributed by atoms with Crippen LogP contribution >= 0.6 is 15.9 Å². The lowest BCUT2D eigenvalue weighted by Gasteiger charge is -2.40. The van der Waals surface area contributed by atoms with Crippen molar-refractivity contribution < 1.29 is 24.2 Å². The predicted molar refractivity (Wildman–Crippen MR) is 142 cm³/mol. The molecular weight excluding hydrogens is 526 g/mol. The Morgan fingerprint density at radius 3 is 2.39 bits per heavy atom. The van der Waals surface area contributed by atoms with Crippen molar-refractivity contribution >= 4 is 33.7 Å².